The quantitative estimate of drug-likeness (QED) is 0.437. The first-order valence-electron chi connectivity index (χ1n) is 12.6. The molecule has 3 aromatic rings. The minimum Gasteiger partial charge on any atom is -0.331 e. The molecule has 1 fully saturated rings. The fourth-order valence-electron chi connectivity index (χ4n) is 5.05. The molecule has 1 amide bonds. The molecule has 1 aliphatic carbocycles. The highest BCUT2D eigenvalue weighted by Crippen LogP contribution is 2.30. The average molecular weight is 479 g/mol. The molecule has 0 N–H and O–H groups in total. The number of benzene rings is 2. The molecule has 0 bridgehead atoms. The number of hydrogen-bond donors (Lipinski definition) is 0. The zero-order valence-corrected chi connectivity index (χ0v) is 20.9. The first kappa shape index (κ1) is 25.0. The van der Waals surface area contributed by atoms with Gasteiger partial charge >= 0.3 is 0 Å². The van der Waals surface area contributed by atoms with Gasteiger partial charge in [-0.15, -0.1) is 0 Å². The van der Waals surface area contributed by atoms with Gasteiger partial charge in [-0.3, -0.25) is 14.2 Å². The predicted octanol–water partition coefficient (Wildman–Crippen LogP) is 4.95. The summed E-state index contributed by atoms with van der Waals surface area (Å²) < 4.78 is 16.3. The fraction of sp³-hybridized carbons (Fsp3) is 0.464. The summed E-state index contributed by atoms with van der Waals surface area (Å²) >= 11 is 0. The van der Waals surface area contributed by atoms with Crippen LogP contribution >= 0.6 is 0 Å². The molecule has 1 aromatic heterocycles. The van der Waals surface area contributed by atoms with E-state index in [4.69, 9.17) is 4.98 Å². The van der Waals surface area contributed by atoms with Gasteiger partial charge in [0.2, 0.25) is 5.91 Å². The van der Waals surface area contributed by atoms with E-state index >= 15 is 0 Å². The van der Waals surface area contributed by atoms with Gasteiger partial charge in [0.25, 0.3) is 5.56 Å². The van der Waals surface area contributed by atoms with Gasteiger partial charge in [-0.1, -0.05) is 49.9 Å². The van der Waals surface area contributed by atoms with Gasteiger partial charge in [0.05, 0.1) is 22.6 Å². The topological polar surface area (TPSA) is 58.4 Å². The first-order chi connectivity index (χ1) is 16.9. The summed E-state index contributed by atoms with van der Waals surface area (Å²) in [6.45, 7) is 3.06. The predicted molar refractivity (Wildman–Crippen MR) is 137 cm³/mol. The lowest BCUT2D eigenvalue weighted by Crippen LogP contribution is -2.41. The Labute approximate surface area is 206 Å². The number of carbonyl (C=O) groups excluding carboxylic acids is 1. The molecule has 1 heterocycles. The van der Waals surface area contributed by atoms with Crippen molar-refractivity contribution >= 4 is 16.8 Å². The SMILES string of the molecule is CC(c1nc2ccccc2c(=O)n1-c1ccccc1F)N(CCN(C)C)C(=O)CCC1CCCC1. The molecule has 0 aliphatic heterocycles. The molecule has 7 heteroatoms. The number of halogens is 1. The Morgan fingerprint density at radius 3 is 2.49 bits per heavy atom. The molecule has 186 valence electrons. The van der Waals surface area contributed by atoms with Crippen molar-refractivity contribution in [2.45, 2.75) is 51.5 Å². The Morgan fingerprint density at radius 2 is 1.77 bits per heavy atom. The molecule has 1 unspecified atom stereocenters. The Hall–Kier alpha value is -3.06. The third kappa shape index (κ3) is 5.61. The normalized spacial score (nSPS) is 15.1. The highest BCUT2D eigenvalue weighted by molar-refractivity contribution is 5.79. The van der Waals surface area contributed by atoms with Crippen molar-refractivity contribution in [1.82, 2.24) is 19.4 Å². The van der Waals surface area contributed by atoms with Crippen LogP contribution in [0.1, 0.15) is 57.3 Å². The summed E-state index contributed by atoms with van der Waals surface area (Å²) in [6.07, 6.45) is 6.24. The van der Waals surface area contributed by atoms with Crippen LogP contribution in [-0.2, 0) is 4.79 Å². The van der Waals surface area contributed by atoms with Gasteiger partial charge < -0.3 is 9.80 Å². The molecule has 35 heavy (non-hydrogen) atoms. The second kappa shape index (κ2) is 11.1. The van der Waals surface area contributed by atoms with Crippen LogP contribution in [-0.4, -0.2) is 52.4 Å². The molecule has 6 nitrogen and oxygen atoms in total. The second-order valence-electron chi connectivity index (χ2n) is 9.83. The number of likely N-dealkylation sites (N-methyl/N-ethyl adjacent to an activating group) is 1. The van der Waals surface area contributed by atoms with Crippen LogP contribution in [0.15, 0.2) is 53.3 Å². The van der Waals surface area contributed by atoms with E-state index in [2.05, 4.69) is 0 Å². The highest BCUT2D eigenvalue weighted by atomic mass is 19.1. The number of carbonyl (C=O) groups is 1. The fourth-order valence-corrected chi connectivity index (χ4v) is 5.05. The summed E-state index contributed by atoms with van der Waals surface area (Å²) in [5.74, 6) is 0.522. The highest BCUT2D eigenvalue weighted by Gasteiger charge is 2.28. The van der Waals surface area contributed by atoms with E-state index < -0.39 is 11.9 Å². The molecular formula is C28H35FN4O2. The third-order valence-corrected chi connectivity index (χ3v) is 7.09. The van der Waals surface area contributed by atoms with Crippen LogP contribution in [0.5, 0.6) is 0 Å². The Balaban J connectivity index is 1.77. The number of fused-ring (bicyclic) bond motifs is 1. The lowest BCUT2D eigenvalue weighted by atomic mass is 10.0. The van der Waals surface area contributed by atoms with Gasteiger partial charge in [-0.05, 0) is 57.6 Å². The first-order valence-corrected chi connectivity index (χ1v) is 12.6. The average Bonchev–Trinajstić information content (AvgIpc) is 3.37. The zero-order chi connectivity index (χ0) is 24.9. The number of aromatic nitrogens is 2. The van der Waals surface area contributed by atoms with E-state index in [0.717, 1.165) is 6.42 Å². The summed E-state index contributed by atoms with van der Waals surface area (Å²) in [6, 6.07) is 12.8. The lowest BCUT2D eigenvalue weighted by Gasteiger charge is -2.32. The van der Waals surface area contributed by atoms with Crippen molar-refractivity contribution in [3.05, 3.63) is 70.5 Å². The van der Waals surface area contributed by atoms with Crippen molar-refractivity contribution in [2.75, 3.05) is 27.2 Å². The standard InChI is InChI=1S/C28H35FN4O2/c1-20(32(19-18-31(2)3)26(34)17-16-21-10-4-5-11-21)27-30-24-14-8-6-12-22(24)28(35)33(27)25-15-9-7-13-23(25)29/h6-9,12-15,20-21H,4-5,10-11,16-19H2,1-3H3. The minimum absolute atomic E-state index is 0.0498. The smallest absolute Gasteiger partial charge is 0.266 e. The number of rotatable bonds is 9. The maximum atomic E-state index is 14.9. The van der Waals surface area contributed by atoms with Gasteiger partial charge in [0, 0.05) is 19.5 Å². The largest absolute Gasteiger partial charge is 0.331 e. The van der Waals surface area contributed by atoms with E-state index in [-0.39, 0.29) is 17.2 Å². The number of hydrogen-bond acceptors (Lipinski definition) is 4. The second-order valence-corrected chi connectivity index (χ2v) is 9.83. The van der Waals surface area contributed by atoms with Crippen LogP contribution in [0.3, 0.4) is 0 Å². The van der Waals surface area contributed by atoms with Gasteiger partial charge in [0.1, 0.15) is 11.6 Å². The summed E-state index contributed by atoms with van der Waals surface area (Å²) in [4.78, 5) is 35.8. The minimum atomic E-state index is -0.511. The summed E-state index contributed by atoms with van der Waals surface area (Å²) in [5, 5.41) is 0.416. The maximum Gasteiger partial charge on any atom is 0.266 e. The molecule has 0 spiro atoms. The van der Waals surface area contributed by atoms with Crippen molar-refractivity contribution < 1.29 is 9.18 Å². The van der Waals surface area contributed by atoms with Crippen LogP contribution in [0.4, 0.5) is 4.39 Å². The van der Waals surface area contributed by atoms with Crippen molar-refractivity contribution in [2.24, 2.45) is 5.92 Å². The zero-order valence-electron chi connectivity index (χ0n) is 20.9. The molecule has 1 aliphatic rings. The van der Waals surface area contributed by atoms with Crippen molar-refractivity contribution in [3.63, 3.8) is 0 Å². The molecule has 0 radical (unpaired) electrons. The molecule has 1 saturated carbocycles. The van der Waals surface area contributed by atoms with Gasteiger partial charge in [0.15, 0.2) is 0 Å². The number of nitrogens with zero attached hydrogens (tertiary/aromatic N) is 4. The monoisotopic (exact) mass is 478 g/mol. The van der Waals surface area contributed by atoms with E-state index in [9.17, 15) is 14.0 Å². The number of para-hydroxylation sites is 2. The Kier molecular flexibility index (Phi) is 7.96. The van der Waals surface area contributed by atoms with Crippen LogP contribution in [0, 0.1) is 11.7 Å². The van der Waals surface area contributed by atoms with Crippen molar-refractivity contribution in [1.29, 1.82) is 0 Å². The summed E-state index contributed by atoms with van der Waals surface area (Å²) in [5.41, 5.74) is 0.343. The van der Waals surface area contributed by atoms with E-state index in [1.54, 1.807) is 36.4 Å². The van der Waals surface area contributed by atoms with Crippen LogP contribution in [0.25, 0.3) is 16.6 Å². The van der Waals surface area contributed by atoms with Gasteiger partial charge in [-0.25, -0.2) is 9.37 Å². The van der Waals surface area contributed by atoms with Crippen molar-refractivity contribution in [3.8, 4) is 5.69 Å². The molecule has 1 atom stereocenters. The van der Waals surface area contributed by atoms with E-state index in [1.807, 2.05) is 36.9 Å². The Morgan fingerprint density at radius 1 is 1.09 bits per heavy atom. The van der Waals surface area contributed by atoms with Gasteiger partial charge in [-0.2, -0.15) is 0 Å². The number of amides is 1. The molecule has 4 rings (SSSR count). The van der Waals surface area contributed by atoms with Crippen LogP contribution < -0.4 is 5.56 Å². The summed E-state index contributed by atoms with van der Waals surface area (Å²) in [7, 11) is 3.94. The van der Waals surface area contributed by atoms with Crippen LogP contribution in [0.2, 0.25) is 0 Å². The maximum absolute atomic E-state index is 14.9. The Bertz CT molecular complexity index is 1230. The molecule has 2 aromatic carbocycles. The van der Waals surface area contributed by atoms with E-state index in [1.165, 1.54) is 36.3 Å². The lowest BCUT2D eigenvalue weighted by molar-refractivity contribution is -0.134. The third-order valence-electron chi connectivity index (χ3n) is 7.09. The molecule has 0 saturated heterocycles. The molecular weight excluding hydrogens is 443 g/mol. The van der Waals surface area contributed by atoms with E-state index in [0.29, 0.717) is 42.2 Å².